The number of halogens is 4. The van der Waals surface area contributed by atoms with Gasteiger partial charge < -0.3 is 10.4 Å². The molecule has 36 heavy (non-hydrogen) atoms. The van der Waals surface area contributed by atoms with Crippen LogP contribution in [0, 0.1) is 6.92 Å². The van der Waals surface area contributed by atoms with Crippen molar-refractivity contribution in [1.29, 1.82) is 0 Å². The van der Waals surface area contributed by atoms with Crippen LogP contribution in [0.25, 0.3) is 0 Å². The Morgan fingerprint density at radius 2 is 1.92 bits per heavy atom. The lowest BCUT2D eigenvalue weighted by Crippen LogP contribution is -2.34. The Kier molecular flexibility index (Phi) is 7.13. The Morgan fingerprint density at radius 1 is 1.19 bits per heavy atom. The lowest BCUT2D eigenvalue weighted by molar-refractivity contribution is -0.137. The maximum atomic E-state index is 13.3. The van der Waals surface area contributed by atoms with Gasteiger partial charge in [-0.3, -0.25) is 14.3 Å². The molecule has 2 aromatic carbocycles. The number of nitrogens with one attached hydrogen (secondary N) is 1. The van der Waals surface area contributed by atoms with E-state index in [2.05, 4.69) is 10.4 Å². The summed E-state index contributed by atoms with van der Waals surface area (Å²) in [5.41, 5.74) is -0.729. The number of rotatable bonds is 6. The summed E-state index contributed by atoms with van der Waals surface area (Å²) in [5.74, 6) is -1.44. The number of benzene rings is 2. The first-order valence-corrected chi connectivity index (χ1v) is 11.9. The van der Waals surface area contributed by atoms with Gasteiger partial charge in [0.2, 0.25) is 0 Å². The van der Waals surface area contributed by atoms with Crippen LogP contribution in [0.1, 0.15) is 58.4 Å². The average molecular weight is 520 g/mol. The zero-order valence-electron chi connectivity index (χ0n) is 19.5. The number of carbonyl (C=O) groups excluding carboxylic acids is 1. The SMILES string of the molecule is Cc1ccc(CNC(=O)c2nn(CC3(c4cccc(C(F)(F)F)c4)CCCC3)cc(O)c2=O)cc1Cl. The van der Waals surface area contributed by atoms with E-state index in [9.17, 15) is 27.9 Å². The molecule has 0 aliphatic heterocycles. The van der Waals surface area contributed by atoms with Gasteiger partial charge in [-0.15, -0.1) is 0 Å². The monoisotopic (exact) mass is 519 g/mol. The second-order valence-corrected chi connectivity index (χ2v) is 9.63. The number of hydrogen-bond acceptors (Lipinski definition) is 4. The third-order valence-electron chi connectivity index (χ3n) is 6.68. The molecule has 1 aromatic heterocycles. The quantitative estimate of drug-likeness (QED) is 0.458. The highest BCUT2D eigenvalue weighted by Gasteiger charge is 2.39. The number of aromatic hydroxyl groups is 1. The zero-order valence-corrected chi connectivity index (χ0v) is 20.3. The fourth-order valence-corrected chi connectivity index (χ4v) is 4.89. The Labute approximate surface area is 210 Å². The van der Waals surface area contributed by atoms with Gasteiger partial charge in [0.1, 0.15) is 0 Å². The molecule has 0 spiro atoms. The molecule has 1 aliphatic carbocycles. The molecule has 0 atom stereocenters. The summed E-state index contributed by atoms with van der Waals surface area (Å²) in [6, 6.07) is 10.5. The van der Waals surface area contributed by atoms with E-state index in [0.717, 1.165) is 36.7 Å². The first kappa shape index (κ1) is 25.8. The predicted octanol–water partition coefficient (Wildman–Crippen LogP) is 5.37. The molecular weight excluding hydrogens is 495 g/mol. The van der Waals surface area contributed by atoms with E-state index >= 15 is 0 Å². The normalized spacial score (nSPS) is 15.1. The van der Waals surface area contributed by atoms with Crippen LogP contribution in [-0.4, -0.2) is 20.8 Å². The molecule has 0 bridgehead atoms. The van der Waals surface area contributed by atoms with Crippen molar-refractivity contribution >= 4 is 17.5 Å². The number of hydrogen-bond donors (Lipinski definition) is 2. The van der Waals surface area contributed by atoms with Crippen LogP contribution in [-0.2, 0) is 24.7 Å². The molecule has 0 radical (unpaired) electrons. The molecule has 1 aliphatic rings. The van der Waals surface area contributed by atoms with Crippen molar-refractivity contribution in [2.45, 2.75) is 57.3 Å². The molecule has 10 heteroatoms. The molecule has 1 fully saturated rings. The third kappa shape index (κ3) is 5.41. The summed E-state index contributed by atoms with van der Waals surface area (Å²) in [6.07, 6.45) is -0.510. The minimum absolute atomic E-state index is 0.0871. The molecule has 6 nitrogen and oxygen atoms in total. The van der Waals surface area contributed by atoms with Crippen LogP contribution >= 0.6 is 11.6 Å². The van der Waals surface area contributed by atoms with Gasteiger partial charge in [0.05, 0.1) is 18.3 Å². The average Bonchev–Trinajstić information content (AvgIpc) is 3.31. The molecule has 0 unspecified atom stereocenters. The topological polar surface area (TPSA) is 84.2 Å². The molecule has 1 saturated carbocycles. The van der Waals surface area contributed by atoms with E-state index in [0.29, 0.717) is 29.0 Å². The molecule has 1 heterocycles. The van der Waals surface area contributed by atoms with Crippen molar-refractivity contribution in [3.63, 3.8) is 0 Å². The fourth-order valence-electron chi connectivity index (χ4n) is 4.69. The van der Waals surface area contributed by atoms with Crippen LogP contribution in [0.4, 0.5) is 13.2 Å². The minimum Gasteiger partial charge on any atom is -0.503 e. The highest BCUT2D eigenvalue weighted by molar-refractivity contribution is 6.31. The van der Waals surface area contributed by atoms with Crippen LogP contribution in [0.5, 0.6) is 5.75 Å². The largest absolute Gasteiger partial charge is 0.503 e. The Morgan fingerprint density at radius 3 is 2.58 bits per heavy atom. The molecule has 2 N–H and O–H groups in total. The van der Waals surface area contributed by atoms with Gasteiger partial charge in [0.25, 0.3) is 11.3 Å². The highest BCUT2D eigenvalue weighted by atomic mass is 35.5. The first-order chi connectivity index (χ1) is 17.0. The van der Waals surface area contributed by atoms with Gasteiger partial charge in [0.15, 0.2) is 11.4 Å². The number of aryl methyl sites for hydroxylation is 1. The number of alkyl halides is 3. The van der Waals surface area contributed by atoms with Gasteiger partial charge in [-0.25, -0.2) is 0 Å². The lowest BCUT2D eigenvalue weighted by Gasteiger charge is -2.31. The standard InChI is InChI=1S/C26H25ClF3N3O3/c1-16-7-8-17(11-20(16)27)13-31-24(36)22-23(35)21(34)14-33(32-22)15-25(9-2-3-10-25)18-5-4-6-19(12-18)26(28,29)30/h4-8,11-12,14,34H,2-3,9-10,13,15H2,1H3,(H,31,36). The lowest BCUT2D eigenvalue weighted by atomic mass is 9.78. The molecule has 1 amide bonds. The summed E-state index contributed by atoms with van der Waals surface area (Å²) < 4.78 is 41.3. The van der Waals surface area contributed by atoms with Crippen LogP contribution in [0.2, 0.25) is 5.02 Å². The second kappa shape index (κ2) is 9.97. The van der Waals surface area contributed by atoms with E-state index in [-0.39, 0.29) is 13.1 Å². The number of carbonyl (C=O) groups is 1. The number of nitrogens with zero attached hydrogens (tertiary/aromatic N) is 2. The van der Waals surface area contributed by atoms with E-state index in [1.807, 2.05) is 6.92 Å². The summed E-state index contributed by atoms with van der Waals surface area (Å²) in [4.78, 5) is 25.3. The van der Waals surface area contributed by atoms with Crippen LogP contribution < -0.4 is 10.7 Å². The van der Waals surface area contributed by atoms with E-state index in [4.69, 9.17) is 11.6 Å². The van der Waals surface area contributed by atoms with Gasteiger partial charge in [0, 0.05) is 17.0 Å². The minimum atomic E-state index is -4.48. The van der Waals surface area contributed by atoms with Gasteiger partial charge in [-0.05, 0) is 48.6 Å². The maximum absolute atomic E-state index is 13.3. The predicted molar refractivity (Wildman–Crippen MR) is 129 cm³/mol. The maximum Gasteiger partial charge on any atom is 0.416 e. The van der Waals surface area contributed by atoms with Gasteiger partial charge in [-0.1, -0.05) is 54.8 Å². The zero-order chi connectivity index (χ0) is 26.1. The van der Waals surface area contributed by atoms with Crippen molar-refractivity contribution in [2.75, 3.05) is 0 Å². The van der Waals surface area contributed by atoms with Gasteiger partial charge in [-0.2, -0.15) is 18.3 Å². The van der Waals surface area contributed by atoms with Gasteiger partial charge >= 0.3 is 6.18 Å². The Balaban J connectivity index is 1.61. The Hall–Kier alpha value is -3.33. The summed E-state index contributed by atoms with van der Waals surface area (Å²) in [5, 5.41) is 17.6. The Bertz CT molecular complexity index is 1350. The molecule has 3 aromatic rings. The molecule has 4 rings (SSSR count). The smallest absolute Gasteiger partial charge is 0.416 e. The van der Waals surface area contributed by atoms with Crippen LogP contribution in [0.3, 0.4) is 0 Å². The number of amides is 1. The molecular formula is C26H25ClF3N3O3. The third-order valence-corrected chi connectivity index (χ3v) is 7.09. The fraction of sp³-hybridized carbons (Fsp3) is 0.346. The molecule has 0 saturated heterocycles. The van der Waals surface area contributed by atoms with E-state index in [1.54, 1.807) is 24.3 Å². The van der Waals surface area contributed by atoms with E-state index in [1.165, 1.54) is 10.7 Å². The summed E-state index contributed by atoms with van der Waals surface area (Å²) >= 11 is 6.12. The first-order valence-electron chi connectivity index (χ1n) is 11.5. The summed E-state index contributed by atoms with van der Waals surface area (Å²) in [6.45, 7) is 2.04. The van der Waals surface area contributed by atoms with Crippen molar-refractivity contribution in [3.05, 3.63) is 91.9 Å². The van der Waals surface area contributed by atoms with Crippen molar-refractivity contribution in [3.8, 4) is 5.75 Å². The summed E-state index contributed by atoms with van der Waals surface area (Å²) in [7, 11) is 0. The molecule has 190 valence electrons. The second-order valence-electron chi connectivity index (χ2n) is 9.22. The number of aromatic nitrogens is 2. The van der Waals surface area contributed by atoms with Crippen LogP contribution in [0.15, 0.2) is 53.5 Å². The van der Waals surface area contributed by atoms with E-state index < -0.39 is 39.9 Å². The highest BCUT2D eigenvalue weighted by Crippen LogP contribution is 2.44. The van der Waals surface area contributed by atoms with Crippen molar-refractivity contribution < 1.29 is 23.1 Å². The van der Waals surface area contributed by atoms with Crippen molar-refractivity contribution in [2.24, 2.45) is 0 Å². The van der Waals surface area contributed by atoms with Crippen molar-refractivity contribution in [1.82, 2.24) is 15.1 Å².